The van der Waals surface area contributed by atoms with Gasteiger partial charge in [-0.05, 0) is 63.7 Å². The maximum Gasteiger partial charge on any atom is 0.0685 e. The van der Waals surface area contributed by atoms with Gasteiger partial charge in [0.2, 0.25) is 0 Å². The molecule has 2 aliphatic carbocycles. The van der Waals surface area contributed by atoms with Crippen molar-refractivity contribution < 1.29 is 4.74 Å². The van der Waals surface area contributed by atoms with Crippen LogP contribution in [0.2, 0.25) is 0 Å². The van der Waals surface area contributed by atoms with Crippen molar-refractivity contribution in [3.63, 3.8) is 0 Å². The molecule has 0 radical (unpaired) electrons. The normalized spacial score (nSPS) is 35.3. The second kappa shape index (κ2) is 4.55. The van der Waals surface area contributed by atoms with Crippen molar-refractivity contribution in [3.8, 4) is 0 Å². The Morgan fingerprint density at radius 3 is 2.53 bits per heavy atom. The van der Waals surface area contributed by atoms with E-state index in [1.165, 1.54) is 44.9 Å². The average molecular weight is 237 g/mol. The molecule has 1 saturated heterocycles. The molecule has 1 spiro atoms. The zero-order valence-corrected chi connectivity index (χ0v) is 11.4. The highest BCUT2D eigenvalue weighted by Crippen LogP contribution is 2.46. The first-order chi connectivity index (χ1) is 8.19. The van der Waals surface area contributed by atoms with E-state index in [9.17, 15) is 0 Å². The van der Waals surface area contributed by atoms with Gasteiger partial charge in [-0.15, -0.1) is 0 Å². The molecule has 0 bridgehead atoms. The summed E-state index contributed by atoms with van der Waals surface area (Å²) in [5.41, 5.74) is 0.316. The van der Waals surface area contributed by atoms with Gasteiger partial charge in [0.1, 0.15) is 0 Å². The zero-order chi connectivity index (χ0) is 11.9. The van der Waals surface area contributed by atoms with Crippen LogP contribution in [0.25, 0.3) is 0 Å². The lowest BCUT2D eigenvalue weighted by atomic mass is 9.68. The quantitative estimate of drug-likeness (QED) is 0.811. The molecule has 0 amide bonds. The van der Waals surface area contributed by atoms with Crippen molar-refractivity contribution >= 4 is 0 Å². The fourth-order valence-corrected chi connectivity index (χ4v) is 3.62. The van der Waals surface area contributed by atoms with Gasteiger partial charge in [-0.1, -0.05) is 6.92 Å². The van der Waals surface area contributed by atoms with E-state index in [2.05, 4.69) is 19.2 Å². The summed E-state index contributed by atoms with van der Waals surface area (Å²) in [6, 6.07) is 1.52. The molecule has 2 heteroatoms. The molecule has 0 aromatic heterocycles. The van der Waals surface area contributed by atoms with Gasteiger partial charge in [0.15, 0.2) is 0 Å². The lowest BCUT2D eigenvalue weighted by molar-refractivity contribution is -0.150. The average Bonchev–Trinajstić information content (AvgIpc) is 3.10. The van der Waals surface area contributed by atoms with Crippen molar-refractivity contribution in [2.24, 2.45) is 11.8 Å². The van der Waals surface area contributed by atoms with E-state index >= 15 is 0 Å². The maximum absolute atomic E-state index is 6.03. The Hall–Kier alpha value is -0.0800. The van der Waals surface area contributed by atoms with Gasteiger partial charge in [0, 0.05) is 18.7 Å². The first-order valence-corrected chi connectivity index (χ1v) is 7.59. The van der Waals surface area contributed by atoms with Gasteiger partial charge in [0.05, 0.1) is 5.60 Å². The van der Waals surface area contributed by atoms with E-state index < -0.39 is 0 Å². The van der Waals surface area contributed by atoms with Crippen molar-refractivity contribution in [1.29, 1.82) is 0 Å². The highest BCUT2D eigenvalue weighted by Gasteiger charge is 2.44. The van der Waals surface area contributed by atoms with Gasteiger partial charge in [0.25, 0.3) is 0 Å². The van der Waals surface area contributed by atoms with E-state index in [0.717, 1.165) is 24.5 Å². The molecule has 98 valence electrons. The maximum atomic E-state index is 6.03. The Morgan fingerprint density at radius 2 is 1.94 bits per heavy atom. The Balaban J connectivity index is 1.54. The van der Waals surface area contributed by atoms with E-state index in [1.54, 1.807) is 0 Å². The molecule has 3 aliphatic rings. The minimum absolute atomic E-state index is 0.316. The number of nitrogens with one attached hydrogen (secondary N) is 1. The van der Waals surface area contributed by atoms with Gasteiger partial charge in [-0.25, -0.2) is 0 Å². The summed E-state index contributed by atoms with van der Waals surface area (Å²) >= 11 is 0. The second-order valence-electron chi connectivity index (χ2n) is 6.73. The van der Waals surface area contributed by atoms with Crippen LogP contribution in [0, 0.1) is 11.8 Å². The summed E-state index contributed by atoms with van der Waals surface area (Å²) < 4.78 is 6.03. The largest absolute Gasteiger partial charge is 0.375 e. The fraction of sp³-hybridized carbons (Fsp3) is 1.00. The molecule has 1 aliphatic heterocycles. The lowest BCUT2D eigenvalue weighted by Gasteiger charge is -2.49. The molecule has 2 saturated carbocycles. The molecule has 0 aromatic rings. The summed E-state index contributed by atoms with van der Waals surface area (Å²) in [6.07, 6.45) is 9.42. The van der Waals surface area contributed by atoms with Gasteiger partial charge in [-0.2, -0.15) is 0 Å². The molecular weight excluding hydrogens is 210 g/mol. The number of rotatable bonds is 4. The number of hydrogen-bond acceptors (Lipinski definition) is 2. The van der Waals surface area contributed by atoms with Crippen LogP contribution in [0.15, 0.2) is 0 Å². The minimum Gasteiger partial charge on any atom is -0.375 e. The molecule has 3 rings (SSSR count). The van der Waals surface area contributed by atoms with E-state index in [4.69, 9.17) is 4.74 Å². The first-order valence-electron chi connectivity index (χ1n) is 7.59. The van der Waals surface area contributed by atoms with Gasteiger partial charge >= 0.3 is 0 Å². The molecule has 2 nitrogen and oxygen atoms in total. The van der Waals surface area contributed by atoms with Crippen LogP contribution in [-0.2, 0) is 4.74 Å². The Kier molecular flexibility index (Phi) is 3.20. The SMILES string of the molecule is CC(NC1CC1)C(C)C1CCOC2(CCC2)C1. The standard InChI is InChI=1S/C15H27NO/c1-11(12(2)16-14-4-5-14)13-6-9-17-15(10-13)7-3-8-15/h11-14,16H,3-10H2,1-2H3. The fourth-order valence-electron chi connectivity index (χ4n) is 3.62. The molecule has 3 atom stereocenters. The molecular formula is C15H27NO. The summed E-state index contributed by atoms with van der Waals surface area (Å²) in [5, 5.41) is 3.77. The first kappa shape index (κ1) is 12.0. The Labute approximate surface area is 105 Å². The molecule has 3 unspecified atom stereocenters. The van der Waals surface area contributed by atoms with Crippen molar-refractivity contribution in [1.82, 2.24) is 5.32 Å². The predicted octanol–water partition coefficient (Wildman–Crippen LogP) is 3.11. The number of hydrogen-bond donors (Lipinski definition) is 1. The van der Waals surface area contributed by atoms with E-state index in [0.29, 0.717) is 11.6 Å². The van der Waals surface area contributed by atoms with Crippen LogP contribution in [0.3, 0.4) is 0 Å². The Bertz CT molecular complexity index is 270. The van der Waals surface area contributed by atoms with E-state index in [1.807, 2.05) is 0 Å². The van der Waals surface area contributed by atoms with Crippen LogP contribution < -0.4 is 5.32 Å². The van der Waals surface area contributed by atoms with Crippen molar-refractivity contribution in [3.05, 3.63) is 0 Å². The smallest absolute Gasteiger partial charge is 0.0685 e. The monoisotopic (exact) mass is 237 g/mol. The molecule has 0 aromatic carbocycles. The highest BCUT2D eigenvalue weighted by atomic mass is 16.5. The van der Waals surface area contributed by atoms with Crippen LogP contribution >= 0.6 is 0 Å². The minimum atomic E-state index is 0.316. The summed E-state index contributed by atoms with van der Waals surface area (Å²) in [5.74, 6) is 1.68. The summed E-state index contributed by atoms with van der Waals surface area (Å²) in [7, 11) is 0. The molecule has 17 heavy (non-hydrogen) atoms. The third-order valence-corrected chi connectivity index (χ3v) is 5.40. The lowest BCUT2D eigenvalue weighted by Crippen LogP contribution is -2.49. The second-order valence-corrected chi connectivity index (χ2v) is 6.73. The molecule has 1 heterocycles. The van der Waals surface area contributed by atoms with Crippen molar-refractivity contribution in [2.75, 3.05) is 6.61 Å². The van der Waals surface area contributed by atoms with Gasteiger partial charge < -0.3 is 10.1 Å². The third kappa shape index (κ3) is 2.53. The summed E-state index contributed by atoms with van der Waals surface area (Å²) in [6.45, 7) is 5.83. The third-order valence-electron chi connectivity index (χ3n) is 5.40. The van der Waals surface area contributed by atoms with Crippen LogP contribution in [0.1, 0.15) is 58.8 Å². The topological polar surface area (TPSA) is 21.3 Å². The summed E-state index contributed by atoms with van der Waals surface area (Å²) in [4.78, 5) is 0. The number of ether oxygens (including phenoxy) is 1. The van der Waals surface area contributed by atoms with Crippen LogP contribution in [0.5, 0.6) is 0 Å². The zero-order valence-electron chi connectivity index (χ0n) is 11.4. The van der Waals surface area contributed by atoms with Crippen LogP contribution in [-0.4, -0.2) is 24.3 Å². The van der Waals surface area contributed by atoms with Crippen molar-refractivity contribution in [2.45, 2.75) is 76.5 Å². The van der Waals surface area contributed by atoms with E-state index in [-0.39, 0.29) is 0 Å². The highest BCUT2D eigenvalue weighted by molar-refractivity contribution is 4.96. The molecule has 1 N–H and O–H groups in total. The van der Waals surface area contributed by atoms with Gasteiger partial charge in [-0.3, -0.25) is 0 Å². The molecule has 3 fully saturated rings. The van der Waals surface area contributed by atoms with Crippen LogP contribution in [0.4, 0.5) is 0 Å². The predicted molar refractivity (Wildman–Crippen MR) is 70.0 cm³/mol. The Morgan fingerprint density at radius 1 is 1.18 bits per heavy atom.